The Balaban J connectivity index is 2.88. The molecule has 1 rings (SSSR count). The third kappa shape index (κ3) is 4.03. The molecule has 0 spiro atoms. The number of aliphatic hydroxyl groups excluding tert-OH is 1. The minimum Gasteiger partial charge on any atom is -0.480 e. The standard InChI is InChI=1S/C8H10BrNO5S2/c9-6-1-2-7(16-6)17(14,15)10-5(3-4-11)8(12)13/h1-2,5,10-11H,3-4H2,(H,12,13)/t5-/m0/s1. The normalized spacial score (nSPS) is 13.5. The van der Waals surface area contributed by atoms with E-state index >= 15 is 0 Å². The number of carbonyl (C=O) groups is 1. The minimum absolute atomic E-state index is 0.0218. The smallest absolute Gasteiger partial charge is 0.321 e. The minimum atomic E-state index is -3.86. The van der Waals surface area contributed by atoms with Gasteiger partial charge in [0.25, 0.3) is 10.0 Å². The molecule has 0 saturated heterocycles. The molecule has 0 unspecified atom stereocenters. The third-order valence-corrected chi connectivity index (χ3v) is 5.41. The Morgan fingerprint density at radius 1 is 1.53 bits per heavy atom. The number of aliphatic carboxylic acids is 1. The Morgan fingerprint density at radius 2 is 2.18 bits per heavy atom. The van der Waals surface area contributed by atoms with E-state index in [0.29, 0.717) is 3.79 Å². The summed E-state index contributed by atoms with van der Waals surface area (Å²) in [4.78, 5) is 10.8. The third-order valence-electron chi connectivity index (χ3n) is 1.83. The molecule has 0 bridgehead atoms. The molecule has 1 aromatic rings. The van der Waals surface area contributed by atoms with Crippen LogP contribution < -0.4 is 4.72 Å². The second-order valence-corrected chi connectivity index (χ2v) is 7.49. The van der Waals surface area contributed by atoms with Gasteiger partial charge in [-0.05, 0) is 34.5 Å². The fourth-order valence-corrected chi connectivity index (χ4v) is 4.30. The van der Waals surface area contributed by atoms with Gasteiger partial charge in [0, 0.05) is 6.61 Å². The predicted octanol–water partition coefficient (Wildman–Crippen LogP) is 0.625. The summed E-state index contributed by atoms with van der Waals surface area (Å²) >= 11 is 4.10. The fraction of sp³-hybridized carbons (Fsp3) is 0.375. The van der Waals surface area contributed by atoms with Gasteiger partial charge in [-0.3, -0.25) is 4.79 Å². The molecule has 0 amide bonds. The van der Waals surface area contributed by atoms with Crippen LogP contribution in [0.2, 0.25) is 0 Å². The first kappa shape index (κ1) is 14.6. The van der Waals surface area contributed by atoms with Gasteiger partial charge in [-0.15, -0.1) is 11.3 Å². The SMILES string of the molecule is O=C(O)[C@H](CCO)NS(=O)(=O)c1ccc(Br)s1. The molecule has 3 N–H and O–H groups in total. The van der Waals surface area contributed by atoms with Crippen LogP contribution in [-0.4, -0.2) is 37.2 Å². The van der Waals surface area contributed by atoms with E-state index in [4.69, 9.17) is 10.2 Å². The number of halogens is 1. The number of nitrogens with one attached hydrogen (secondary N) is 1. The molecule has 0 saturated carbocycles. The molecule has 9 heteroatoms. The summed E-state index contributed by atoms with van der Waals surface area (Å²) < 4.78 is 26.2. The van der Waals surface area contributed by atoms with Gasteiger partial charge in [0.2, 0.25) is 0 Å². The van der Waals surface area contributed by atoms with Gasteiger partial charge in [-0.2, -0.15) is 4.72 Å². The van der Waals surface area contributed by atoms with Crippen molar-refractivity contribution < 1.29 is 23.4 Å². The van der Waals surface area contributed by atoms with E-state index in [0.717, 1.165) is 11.3 Å². The highest BCUT2D eigenvalue weighted by Gasteiger charge is 2.25. The van der Waals surface area contributed by atoms with Crippen LogP contribution in [0.25, 0.3) is 0 Å². The van der Waals surface area contributed by atoms with Gasteiger partial charge < -0.3 is 10.2 Å². The lowest BCUT2D eigenvalue weighted by molar-refractivity contribution is -0.139. The molecule has 0 aliphatic rings. The van der Waals surface area contributed by atoms with E-state index in [9.17, 15) is 13.2 Å². The van der Waals surface area contributed by atoms with Crippen molar-refractivity contribution in [2.45, 2.75) is 16.7 Å². The maximum atomic E-state index is 11.8. The number of rotatable bonds is 6. The Hall–Kier alpha value is -0.480. The Kier molecular flexibility index (Phi) is 5.07. The van der Waals surface area contributed by atoms with E-state index in [2.05, 4.69) is 15.9 Å². The zero-order valence-corrected chi connectivity index (χ0v) is 11.7. The highest BCUT2D eigenvalue weighted by atomic mass is 79.9. The van der Waals surface area contributed by atoms with Crippen LogP contribution in [0.3, 0.4) is 0 Å². The lowest BCUT2D eigenvalue weighted by Gasteiger charge is -2.12. The van der Waals surface area contributed by atoms with Crippen LogP contribution in [-0.2, 0) is 14.8 Å². The molecule has 0 aromatic carbocycles. The second-order valence-electron chi connectivity index (χ2n) is 3.08. The van der Waals surface area contributed by atoms with E-state index in [1.165, 1.54) is 6.07 Å². The maximum Gasteiger partial charge on any atom is 0.321 e. The first-order valence-electron chi connectivity index (χ1n) is 4.48. The van der Waals surface area contributed by atoms with E-state index in [1.807, 2.05) is 4.72 Å². The van der Waals surface area contributed by atoms with Crippen LogP contribution in [0.1, 0.15) is 6.42 Å². The molecule has 0 aliphatic carbocycles. The summed E-state index contributed by atoms with van der Waals surface area (Å²) in [6.45, 7) is -0.409. The number of sulfonamides is 1. The highest BCUT2D eigenvalue weighted by molar-refractivity contribution is 9.11. The van der Waals surface area contributed by atoms with Crippen molar-refractivity contribution >= 4 is 43.3 Å². The monoisotopic (exact) mass is 343 g/mol. The number of thiophene rings is 1. The zero-order valence-electron chi connectivity index (χ0n) is 8.46. The number of aliphatic hydroxyl groups is 1. The van der Waals surface area contributed by atoms with Crippen molar-refractivity contribution in [3.63, 3.8) is 0 Å². The van der Waals surface area contributed by atoms with Gasteiger partial charge in [-0.1, -0.05) is 0 Å². The first-order valence-corrected chi connectivity index (χ1v) is 7.57. The topological polar surface area (TPSA) is 104 Å². The molecule has 96 valence electrons. The van der Waals surface area contributed by atoms with E-state index < -0.39 is 28.6 Å². The Morgan fingerprint density at radius 3 is 2.59 bits per heavy atom. The van der Waals surface area contributed by atoms with Crippen molar-refractivity contribution in [1.82, 2.24) is 4.72 Å². The number of hydrogen-bond donors (Lipinski definition) is 3. The van der Waals surface area contributed by atoms with Gasteiger partial charge in [-0.25, -0.2) is 8.42 Å². The molecule has 1 heterocycles. The van der Waals surface area contributed by atoms with Crippen LogP contribution in [0, 0.1) is 0 Å². The molecule has 17 heavy (non-hydrogen) atoms. The molecule has 0 aliphatic heterocycles. The maximum absolute atomic E-state index is 11.8. The van der Waals surface area contributed by atoms with Gasteiger partial charge in [0.15, 0.2) is 0 Å². The van der Waals surface area contributed by atoms with Crippen LogP contribution in [0.5, 0.6) is 0 Å². The van der Waals surface area contributed by atoms with Gasteiger partial charge in [0.05, 0.1) is 3.79 Å². The lowest BCUT2D eigenvalue weighted by atomic mass is 10.2. The highest BCUT2D eigenvalue weighted by Crippen LogP contribution is 2.26. The Bertz CT molecular complexity index is 498. The summed E-state index contributed by atoms with van der Waals surface area (Å²) in [5.41, 5.74) is 0. The number of hydrogen-bond acceptors (Lipinski definition) is 5. The molecule has 6 nitrogen and oxygen atoms in total. The van der Waals surface area contributed by atoms with Crippen LogP contribution in [0.4, 0.5) is 0 Å². The van der Waals surface area contributed by atoms with Gasteiger partial charge >= 0.3 is 5.97 Å². The lowest BCUT2D eigenvalue weighted by Crippen LogP contribution is -2.41. The molecule has 0 fully saturated rings. The Labute approximate surface area is 110 Å². The average Bonchev–Trinajstić information content (AvgIpc) is 2.64. The summed E-state index contributed by atoms with van der Waals surface area (Å²) in [6.07, 6.45) is -0.179. The summed E-state index contributed by atoms with van der Waals surface area (Å²) in [6, 6.07) is 1.60. The first-order chi connectivity index (χ1) is 7.86. The zero-order chi connectivity index (χ0) is 13.1. The van der Waals surface area contributed by atoms with Gasteiger partial charge in [0.1, 0.15) is 10.3 Å². The van der Waals surface area contributed by atoms with Crippen LogP contribution >= 0.6 is 27.3 Å². The summed E-state index contributed by atoms with van der Waals surface area (Å²) in [5.74, 6) is -1.32. The van der Waals surface area contributed by atoms with Crippen molar-refractivity contribution in [3.8, 4) is 0 Å². The molecule has 1 atom stereocenters. The average molecular weight is 344 g/mol. The summed E-state index contributed by atoms with van der Waals surface area (Å²) in [5, 5.41) is 17.4. The van der Waals surface area contributed by atoms with Crippen molar-refractivity contribution in [3.05, 3.63) is 15.9 Å². The van der Waals surface area contributed by atoms with Crippen molar-refractivity contribution in [2.24, 2.45) is 0 Å². The van der Waals surface area contributed by atoms with Crippen molar-refractivity contribution in [2.75, 3.05) is 6.61 Å². The van der Waals surface area contributed by atoms with E-state index in [1.54, 1.807) is 6.07 Å². The fourth-order valence-electron chi connectivity index (χ4n) is 1.05. The largest absolute Gasteiger partial charge is 0.480 e. The molecular formula is C8H10BrNO5S2. The van der Waals surface area contributed by atoms with E-state index in [-0.39, 0.29) is 10.6 Å². The molecule has 1 aromatic heterocycles. The second kappa shape index (κ2) is 5.91. The molecule has 0 radical (unpaired) electrons. The predicted molar refractivity (Wildman–Crippen MR) is 65.5 cm³/mol. The van der Waals surface area contributed by atoms with Crippen LogP contribution in [0.15, 0.2) is 20.1 Å². The number of carboxylic acid groups (broad SMARTS) is 1. The summed E-state index contributed by atoms with van der Waals surface area (Å²) in [7, 11) is -3.86. The van der Waals surface area contributed by atoms with Crippen molar-refractivity contribution in [1.29, 1.82) is 0 Å². The quantitative estimate of drug-likeness (QED) is 0.702. The number of carboxylic acids is 1. The molecular weight excluding hydrogens is 334 g/mol.